The maximum absolute atomic E-state index is 12.3. The molecule has 1 heterocycles. The van der Waals surface area contributed by atoms with Gasteiger partial charge in [0.05, 0.1) is 12.5 Å². The van der Waals surface area contributed by atoms with Crippen LogP contribution in [0.1, 0.15) is 50.8 Å². The van der Waals surface area contributed by atoms with E-state index in [-0.39, 0.29) is 11.0 Å². The molecule has 1 aliphatic carbocycles. The maximum atomic E-state index is 12.3. The van der Waals surface area contributed by atoms with E-state index in [4.69, 9.17) is 9.15 Å². The van der Waals surface area contributed by atoms with Crippen LogP contribution in [-0.2, 0) is 18.3 Å². The van der Waals surface area contributed by atoms with E-state index in [0.29, 0.717) is 11.5 Å². The molecular weight excluding hydrogens is 276 g/mol. The first kappa shape index (κ1) is 15.1. The lowest BCUT2D eigenvalue weighted by Crippen LogP contribution is -2.20. The van der Waals surface area contributed by atoms with Crippen LogP contribution in [0.5, 0.6) is 5.75 Å². The Balaban J connectivity index is 2.38. The molecule has 3 heteroatoms. The average molecular weight is 300 g/mol. The molecule has 3 nitrogen and oxygen atoms in total. The summed E-state index contributed by atoms with van der Waals surface area (Å²) in [6, 6.07) is 4.08. The number of rotatable bonds is 1. The monoisotopic (exact) mass is 300 g/mol. The Hall–Kier alpha value is -1.77. The number of ether oxygens (including phenoxy) is 1. The summed E-state index contributed by atoms with van der Waals surface area (Å²) in [5, 5.41) is 0.983. The third-order valence-corrected chi connectivity index (χ3v) is 4.71. The Morgan fingerprint density at radius 1 is 1.23 bits per heavy atom. The van der Waals surface area contributed by atoms with Crippen molar-refractivity contribution in [3.63, 3.8) is 0 Å². The number of benzene rings is 1. The van der Waals surface area contributed by atoms with Gasteiger partial charge in [0.25, 0.3) is 0 Å². The predicted octanol–water partition coefficient (Wildman–Crippen LogP) is 4.22. The van der Waals surface area contributed by atoms with Crippen LogP contribution < -0.4 is 10.4 Å². The van der Waals surface area contributed by atoms with Gasteiger partial charge in [-0.25, -0.2) is 4.79 Å². The highest BCUT2D eigenvalue weighted by molar-refractivity contribution is 5.89. The van der Waals surface area contributed by atoms with Gasteiger partial charge in [0.15, 0.2) is 0 Å². The van der Waals surface area contributed by atoms with E-state index in [1.807, 2.05) is 6.07 Å². The van der Waals surface area contributed by atoms with Gasteiger partial charge in [-0.1, -0.05) is 27.7 Å². The summed E-state index contributed by atoms with van der Waals surface area (Å²) in [5.74, 6) is 1.40. The molecule has 2 aromatic rings. The molecule has 0 aliphatic heterocycles. The van der Waals surface area contributed by atoms with E-state index in [9.17, 15) is 4.79 Å². The van der Waals surface area contributed by atoms with E-state index >= 15 is 0 Å². The van der Waals surface area contributed by atoms with Gasteiger partial charge in [0, 0.05) is 5.56 Å². The normalized spacial score (nSPS) is 18.3. The summed E-state index contributed by atoms with van der Waals surface area (Å²) in [6.45, 7) is 8.67. The summed E-state index contributed by atoms with van der Waals surface area (Å²) in [7, 11) is 1.69. The Bertz CT molecular complexity index is 778. The zero-order valence-corrected chi connectivity index (χ0v) is 14.1. The van der Waals surface area contributed by atoms with Crippen LogP contribution in [0.15, 0.2) is 21.3 Å². The molecule has 1 aromatic heterocycles. The van der Waals surface area contributed by atoms with Gasteiger partial charge in [0.2, 0.25) is 0 Å². The second kappa shape index (κ2) is 5.15. The molecule has 3 rings (SSSR count). The van der Waals surface area contributed by atoms with E-state index in [1.165, 1.54) is 0 Å². The highest BCUT2D eigenvalue weighted by Crippen LogP contribution is 2.38. The maximum Gasteiger partial charge on any atom is 0.339 e. The molecule has 0 saturated carbocycles. The van der Waals surface area contributed by atoms with Gasteiger partial charge in [-0.05, 0) is 53.9 Å². The average Bonchev–Trinajstić information content (AvgIpc) is 2.44. The number of fused-ring (bicyclic) bond motifs is 3. The van der Waals surface area contributed by atoms with E-state index in [1.54, 1.807) is 7.11 Å². The number of methoxy groups -OCH3 is 1. The molecule has 0 amide bonds. The molecule has 1 aliphatic rings. The highest BCUT2D eigenvalue weighted by atomic mass is 16.5. The first-order valence-electron chi connectivity index (χ1n) is 7.98. The zero-order chi connectivity index (χ0) is 16.1. The lowest BCUT2D eigenvalue weighted by atomic mass is 9.82. The van der Waals surface area contributed by atoms with Gasteiger partial charge in [0.1, 0.15) is 11.3 Å². The van der Waals surface area contributed by atoms with Crippen molar-refractivity contribution < 1.29 is 9.15 Å². The second-order valence-corrected chi connectivity index (χ2v) is 7.50. The quantitative estimate of drug-likeness (QED) is 0.740. The van der Waals surface area contributed by atoms with Crippen LogP contribution >= 0.6 is 0 Å². The molecule has 0 fully saturated rings. The van der Waals surface area contributed by atoms with Gasteiger partial charge in [-0.15, -0.1) is 0 Å². The Kier molecular flexibility index (Phi) is 3.54. The Morgan fingerprint density at radius 2 is 1.95 bits per heavy atom. The predicted molar refractivity (Wildman–Crippen MR) is 88.9 cm³/mol. The SMILES string of the molecule is COc1cc(C(C)(C)C)cc2oc(=O)c3c(c12)CC(C)CC3. The smallest absolute Gasteiger partial charge is 0.339 e. The van der Waals surface area contributed by atoms with Gasteiger partial charge >= 0.3 is 5.63 Å². The standard InChI is InChI=1S/C19H24O3/c1-11-6-7-13-14(8-11)17-15(21-5)9-12(19(2,3)4)10-16(17)22-18(13)20/h9-11H,6-8H2,1-5H3. The summed E-state index contributed by atoms with van der Waals surface area (Å²) in [6.07, 6.45) is 2.77. The number of hydrogen-bond acceptors (Lipinski definition) is 3. The van der Waals surface area contributed by atoms with Crippen molar-refractivity contribution in [2.75, 3.05) is 7.11 Å². The van der Waals surface area contributed by atoms with E-state index < -0.39 is 0 Å². The Labute approximate surface area is 131 Å². The third-order valence-electron chi connectivity index (χ3n) is 4.71. The van der Waals surface area contributed by atoms with E-state index in [2.05, 4.69) is 33.8 Å². The molecular formula is C19H24O3. The van der Waals surface area contributed by atoms with Crippen LogP contribution in [0, 0.1) is 5.92 Å². The lowest BCUT2D eigenvalue weighted by Gasteiger charge is -2.24. The van der Waals surface area contributed by atoms with Crippen LogP contribution in [-0.4, -0.2) is 7.11 Å². The fraction of sp³-hybridized carbons (Fsp3) is 0.526. The molecule has 22 heavy (non-hydrogen) atoms. The van der Waals surface area contributed by atoms with Crippen LogP contribution in [0.4, 0.5) is 0 Å². The summed E-state index contributed by atoms with van der Waals surface area (Å²) in [4.78, 5) is 12.3. The zero-order valence-electron chi connectivity index (χ0n) is 14.1. The van der Waals surface area contributed by atoms with E-state index in [0.717, 1.165) is 47.1 Å². The fourth-order valence-corrected chi connectivity index (χ4v) is 3.32. The topological polar surface area (TPSA) is 39.4 Å². The van der Waals surface area contributed by atoms with Crippen molar-refractivity contribution in [1.29, 1.82) is 0 Å². The summed E-state index contributed by atoms with van der Waals surface area (Å²) < 4.78 is 11.3. The molecule has 0 saturated heterocycles. The van der Waals surface area contributed by atoms with Crippen molar-refractivity contribution in [2.24, 2.45) is 5.92 Å². The molecule has 0 radical (unpaired) electrons. The second-order valence-electron chi connectivity index (χ2n) is 7.50. The third kappa shape index (κ3) is 2.43. The molecule has 1 atom stereocenters. The minimum Gasteiger partial charge on any atom is -0.496 e. The molecule has 1 unspecified atom stereocenters. The van der Waals surface area contributed by atoms with Crippen molar-refractivity contribution in [3.05, 3.63) is 39.2 Å². The van der Waals surface area contributed by atoms with Crippen molar-refractivity contribution in [3.8, 4) is 5.75 Å². The Morgan fingerprint density at radius 3 is 2.59 bits per heavy atom. The number of hydrogen-bond donors (Lipinski definition) is 0. The highest BCUT2D eigenvalue weighted by Gasteiger charge is 2.25. The van der Waals surface area contributed by atoms with Gasteiger partial charge < -0.3 is 9.15 Å². The van der Waals surface area contributed by atoms with Gasteiger partial charge in [-0.2, -0.15) is 0 Å². The van der Waals surface area contributed by atoms with Crippen LogP contribution in [0.3, 0.4) is 0 Å². The first-order valence-corrected chi connectivity index (χ1v) is 7.98. The lowest BCUT2D eigenvalue weighted by molar-refractivity contribution is 0.413. The molecule has 118 valence electrons. The first-order chi connectivity index (χ1) is 10.3. The van der Waals surface area contributed by atoms with Crippen molar-refractivity contribution >= 4 is 11.0 Å². The summed E-state index contributed by atoms with van der Waals surface area (Å²) in [5.41, 5.74) is 3.53. The molecule has 0 bridgehead atoms. The minimum atomic E-state index is -0.178. The molecule has 0 N–H and O–H groups in total. The minimum absolute atomic E-state index is 0.0246. The van der Waals surface area contributed by atoms with Gasteiger partial charge in [-0.3, -0.25) is 0 Å². The van der Waals surface area contributed by atoms with Crippen LogP contribution in [0.25, 0.3) is 11.0 Å². The van der Waals surface area contributed by atoms with Crippen molar-refractivity contribution in [1.82, 2.24) is 0 Å². The molecule has 1 aromatic carbocycles. The fourth-order valence-electron chi connectivity index (χ4n) is 3.32. The largest absolute Gasteiger partial charge is 0.496 e. The van der Waals surface area contributed by atoms with Crippen molar-refractivity contribution in [2.45, 2.75) is 52.4 Å². The molecule has 0 spiro atoms. The van der Waals surface area contributed by atoms with Crippen LogP contribution in [0.2, 0.25) is 0 Å². The summed E-state index contributed by atoms with van der Waals surface area (Å²) >= 11 is 0.